The third-order valence-electron chi connectivity index (χ3n) is 2.52. The van der Waals surface area contributed by atoms with E-state index >= 15 is 0 Å². The maximum atomic E-state index is 11.0. The summed E-state index contributed by atoms with van der Waals surface area (Å²) < 4.78 is 5.33. The van der Waals surface area contributed by atoms with E-state index in [1.807, 2.05) is 0 Å². The Bertz CT molecular complexity index is 697. The molecule has 1 N–H and O–H groups in total. The van der Waals surface area contributed by atoms with Crippen LogP contribution < -0.4 is 4.74 Å². The molecule has 0 spiro atoms. The second-order valence-corrected chi connectivity index (χ2v) is 3.80. The fourth-order valence-electron chi connectivity index (χ4n) is 1.67. The third-order valence-corrected chi connectivity index (χ3v) is 2.52. The van der Waals surface area contributed by atoms with E-state index in [1.54, 1.807) is 19.1 Å². The molecular formula is C13H11N3O4. The lowest BCUT2D eigenvalue weighted by molar-refractivity contribution is -0.385. The van der Waals surface area contributed by atoms with Crippen LogP contribution in [-0.2, 0) is 6.61 Å². The highest BCUT2D eigenvalue weighted by molar-refractivity contribution is 5.52. The molecule has 0 aliphatic carbocycles. The average molecular weight is 273 g/mol. The molecule has 0 fully saturated rings. The molecule has 102 valence electrons. The van der Waals surface area contributed by atoms with E-state index in [4.69, 9.17) is 9.94 Å². The fourth-order valence-corrected chi connectivity index (χ4v) is 1.67. The van der Waals surface area contributed by atoms with E-state index in [1.165, 1.54) is 18.3 Å². The zero-order valence-corrected chi connectivity index (χ0v) is 10.6. The van der Waals surface area contributed by atoms with Crippen LogP contribution in [0.4, 0.5) is 5.69 Å². The highest BCUT2D eigenvalue weighted by Gasteiger charge is 2.17. The van der Waals surface area contributed by atoms with E-state index in [0.29, 0.717) is 16.0 Å². The number of hydrogen-bond donors (Lipinski definition) is 1. The van der Waals surface area contributed by atoms with E-state index < -0.39 is 4.92 Å². The van der Waals surface area contributed by atoms with Crippen LogP contribution in [0.2, 0.25) is 0 Å². The van der Waals surface area contributed by atoms with Gasteiger partial charge < -0.3 is 9.94 Å². The second kappa shape index (κ2) is 5.75. The van der Waals surface area contributed by atoms with Crippen molar-refractivity contribution in [3.63, 3.8) is 0 Å². The average Bonchev–Trinajstić information content (AvgIpc) is 2.83. The minimum atomic E-state index is -0.482. The Kier molecular flexibility index (Phi) is 3.86. The zero-order valence-electron chi connectivity index (χ0n) is 10.6. The first-order valence-electron chi connectivity index (χ1n) is 5.68. The maximum absolute atomic E-state index is 11.0. The summed E-state index contributed by atoms with van der Waals surface area (Å²) in [6, 6.07) is 6.10. The summed E-state index contributed by atoms with van der Waals surface area (Å²) >= 11 is 0. The standard InChI is InChI=1S/C13H11N3O4/c1-2-4-10-5-3-6-12(16(18)19)11(10)9-20-13-7-8-15(17)14-13/h3,5-8,17H,9H2,1H3. The van der Waals surface area contributed by atoms with Crippen LogP contribution in [0.3, 0.4) is 0 Å². The number of nitro benzene ring substituents is 1. The number of nitrogens with zero attached hydrogens (tertiary/aromatic N) is 3. The van der Waals surface area contributed by atoms with Gasteiger partial charge in [-0.1, -0.05) is 17.1 Å². The summed E-state index contributed by atoms with van der Waals surface area (Å²) in [5.74, 6) is 5.68. The van der Waals surface area contributed by atoms with E-state index in [0.717, 1.165) is 0 Å². The smallest absolute Gasteiger partial charge is 0.277 e. The molecule has 0 saturated carbocycles. The molecule has 20 heavy (non-hydrogen) atoms. The molecule has 0 amide bonds. The number of nitro groups is 1. The van der Waals surface area contributed by atoms with Gasteiger partial charge in [0.25, 0.3) is 5.69 Å². The molecule has 1 aromatic carbocycles. The van der Waals surface area contributed by atoms with Crippen LogP contribution in [0.1, 0.15) is 18.1 Å². The molecule has 7 nitrogen and oxygen atoms in total. The van der Waals surface area contributed by atoms with Crippen LogP contribution in [0.5, 0.6) is 5.88 Å². The van der Waals surface area contributed by atoms with Crippen molar-refractivity contribution in [1.82, 2.24) is 9.94 Å². The molecule has 0 saturated heterocycles. The number of hydrogen-bond acceptors (Lipinski definition) is 5. The van der Waals surface area contributed by atoms with Crippen molar-refractivity contribution in [3.8, 4) is 17.7 Å². The fraction of sp³-hybridized carbons (Fsp3) is 0.154. The summed E-state index contributed by atoms with van der Waals surface area (Å²) in [6.07, 6.45) is 1.29. The van der Waals surface area contributed by atoms with Crippen molar-refractivity contribution >= 4 is 5.69 Å². The lowest BCUT2D eigenvalue weighted by atomic mass is 10.1. The van der Waals surface area contributed by atoms with Crippen LogP contribution in [0, 0.1) is 22.0 Å². The number of benzene rings is 1. The Hall–Kier alpha value is -3.01. The Morgan fingerprint density at radius 3 is 2.90 bits per heavy atom. The van der Waals surface area contributed by atoms with Crippen molar-refractivity contribution in [2.75, 3.05) is 0 Å². The number of ether oxygens (including phenoxy) is 1. The molecule has 0 bridgehead atoms. The monoisotopic (exact) mass is 273 g/mol. The quantitative estimate of drug-likeness (QED) is 0.398. The molecule has 1 heterocycles. The van der Waals surface area contributed by atoms with Gasteiger partial charge in [0, 0.05) is 17.7 Å². The van der Waals surface area contributed by atoms with Crippen molar-refractivity contribution in [2.24, 2.45) is 0 Å². The predicted octanol–water partition coefficient (Wildman–Crippen LogP) is 1.98. The van der Waals surface area contributed by atoms with Gasteiger partial charge >= 0.3 is 0 Å². The third kappa shape index (κ3) is 2.87. The molecule has 0 aliphatic rings. The van der Waals surface area contributed by atoms with Crippen molar-refractivity contribution < 1.29 is 14.9 Å². The van der Waals surface area contributed by atoms with E-state index in [2.05, 4.69) is 16.9 Å². The predicted molar refractivity (Wildman–Crippen MR) is 69.4 cm³/mol. The Morgan fingerprint density at radius 1 is 1.50 bits per heavy atom. The zero-order chi connectivity index (χ0) is 14.5. The SMILES string of the molecule is CC#Cc1cccc([N+](=O)[O-])c1COc1ccn(O)n1. The summed E-state index contributed by atoms with van der Waals surface area (Å²) in [6.45, 7) is 1.59. The molecule has 0 aliphatic heterocycles. The summed E-state index contributed by atoms with van der Waals surface area (Å²) in [4.78, 5) is 11.2. The first-order chi connectivity index (χ1) is 9.61. The van der Waals surface area contributed by atoms with Gasteiger partial charge in [-0.2, -0.15) is 0 Å². The van der Waals surface area contributed by atoms with Gasteiger partial charge in [0.15, 0.2) is 0 Å². The van der Waals surface area contributed by atoms with E-state index in [9.17, 15) is 10.1 Å². The van der Waals surface area contributed by atoms with Gasteiger partial charge in [-0.25, -0.2) is 0 Å². The van der Waals surface area contributed by atoms with Crippen molar-refractivity contribution in [3.05, 3.63) is 51.7 Å². The largest absolute Gasteiger partial charge is 0.471 e. The highest BCUT2D eigenvalue weighted by Crippen LogP contribution is 2.23. The van der Waals surface area contributed by atoms with Gasteiger partial charge in [0.2, 0.25) is 5.88 Å². The molecule has 2 aromatic rings. The molecular weight excluding hydrogens is 262 g/mol. The molecule has 2 rings (SSSR count). The minimum Gasteiger partial charge on any atom is -0.471 e. The Balaban J connectivity index is 2.31. The van der Waals surface area contributed by atoms with E-state index in [-0.39, 0.29) is 18.2 Å². The van der Waals surface area contributed by atoms with Gasteiger partial charge in [0.05, 0.1) is 16.7 Å². The normalized spacial score (nSPS) is 9.65. The Morgan fingerprint density at radius 2 is 2.30 bits per heavy atom. The first-order valence-corrected chi connectivity index (χ1v) is 5.68. The molecule has 0 atom stereocenters. The van der Waals surface area contributed by atoms with Gasteiger partial charge in [-0.3, -0.25) is 10.1 Å². The second-order valence-electron chi connectivity index (χ2n) is 3.80. The van der Waals surface area contributed by atoms with Crippen molar-refractivity contribution in [2.45, 2.75) is 13.5 Å². The Labute approximate surface area is 114 Å². The topological polar surface area (TPSA) is 90.4 Å². The molecule has 1 aromatic heterocycles. The van der Waals surface area contributed by atoms with Crippen LogP contribution in [0.15, 0.2) is 30.5 Å². The summed E-state index contributed by atoms with van der Waals surface area (Å²) in [5, 5.41) is 23.7. The lowest BCUT2D eigenvalue weighted by Gasteiger charge is -2.06. The molecule has 0 unspecified atom stereocenters. The van der Waals surface area contributed by atoms with Crippen LogP contribution >= 0.6 is 0 Å². The maximum Gasteiger partial charge on any atom is 0.277 e. The van der Waals surface area contributed by atoms with Crippen molar-refractivity contribution in [1.29, 1.82) is 0 Å². The summed E-state index contributed by atoms with van der Waals surface area (Å²) in [5.41, 5.74) is 0.846. The first kappa shape index (κ1) is 13.4. The summed E-state index contributed by atoms with van der Waals surface area (Å²) in [7, 11) is 0. The minimum absolute atomic E-state index is 0.0574. The van der Waals surface area contributed by atoms with Gasteiger partial charge in [0.1, 0.15) is 6.61 Å². The van der Waals surface area contributed by atoms with Gasteiger partial charge in [-0.15, -0.1) is 10.8 Å². The molecule has 0 radical (unpaired) electrons. The van der Waals surface area contributed by atoms with Gasteiger partial charge in [-0.05, 0) is 13.0 Å². The lowest BCUT2D eigenvalue weighted by Crippen LogP contribution is -2.04. The number of rotatable bonds is 4. The van der Waals surface area contributed by atoms with Crippen LogP contribution in [0.25, 0.3) is 0 Å². The number of aromatic nitrogens is 2. The van der Waals surface area contributed by atoms with Crippen LogP contribution in [-0.4, -0.2) is 20.1 Å². The molecule has 7 heteroatoms. The highest BCUT2D eigenvalue weighted by atomic mass is 16.6.